The van der Waals surface area contributed by atoms with E-state index in [4.69, 9.17) is 14.5 Å². The molecule has 0 saturated carbocycles. The summed E-state index contributed by atoms with van der Waals surface area (Å²) in [5.74, 6) is 1.96. The van der Waals surface area contributed by atoms with Crippen LogP contribution in [0.15, 0.2) is 73.3 Å². The van der Waals surface area contributed by atoms with Gasteiger partial charge in [-0.25, -0.2) is 0 Å². The second kappa shape index (κ2) is 7.45. The lowest BCUT2D eigenvalue weighted by Gasteiger charge is -2.14. The van der Waals surface area contributed by atoms with Crippen molar-refractivity contribution in [3.8, 4) is 29.2 Å². The molecule has 0 N–H and O–H groups in total. The van der Waals surface area contributed by atoms with Crippen LogP contribution in [0.5, 0.6) is 11.6 Å². The second-order valence-corrected chi connectivity index (χ2v) is 7.26. The van der Waals surface area contributed by atoms with Crippen molar-refractivity contribution in [2.45, 2.75) is 19.4 Å². The number of hydrogen-bond acceptors (Lipinski definition) is 4. The maximum absolute atomic E-state index is 9.99. The molecule has 0 aliphatic carbocycles. The van der Waals surface area contributed by atoms with Gasteiger partial charge in [-0.05, 0) is 42.8 Å². The van der Waals surface area contributed by atoms with Crippen molar-refractivity contribution in [2.75, 3.05) is 6.61 Å². The average molecular weight is 396 g/mol. The third-order valence-electron chi connectivity index (χ3n) is 5.26. The molecule has 1 atom stereocenters. The molecule has 0 spiro atoms. The molecule has 0 bridgehead atoms. The molecule has 148 valence electrons. The molecule has 6 nitrogen and oxygen atoms in total. The number of aryl methyl sites for hydroxylation is 1. The number of benzene rings is 1. The fourth-order valence-corrected chi connectivity index (χ4v) is 3.81. The van der Waals surface area contributed by atoms with Gasteiger partial charge >= 0.3 is 0 Å². The van der Waals surface area contributed by atoms with Crippen LogP contribution in [0.4, 0.5) is 0 Å². The zero-order chi connectivity index (χ0) is 20.5. The van der Waals surface area contributed by atoms with Crippen LogP contribution >= 0.6 is 0 Å². The molecule has 1 aliphatic rings. The number of aromatic nitrogens is 3. The van der Waals surface area contributed by atoms with Gasteiger partial charge in [0.15, 0.2) is 5.82 Å². The Morgan fingerprint density at radius 2 is 1.77 bits per heavy atom. The minimum absolute atomic E-state index is 0.173. The zero-order valence-corrected chi connectivity index (χ0v) is 16.5. The van der Waals surface area contributed by atoms with Crippen molar-refractivity contribution in [1.29, 1.82) is 5.26 Å². The van der Waals surface area contributed by atoms with Crippen LogP contribution in [0.2, 0.25) is 0 Å². The molecule has 1 unspecified atom stereocenters. The van der Waals surface area contributed by atoms with E-state index in [-0.39, 0.29) is 6.10 Å². The van der Waals surface area contributed by atoms with Gasteiger partial charge in [-0.2, -0.15) is 10.2 Å². The zero-order valence-electron chi connectivity index (χ0n) is 16.5. The van der Waals surface area contributed by atoms with E-state index in [9.17, 15) is 5.26 Å². The van der Waals surface area contributed by atoms with Gasteiger partial charge in [-0.15, -0.1) is 0 Å². The molecule has 6 heteroatoms. The monoisotopic (exact) mass is 396 g/mol. The van der Waals surface area contributed by atoms with E-state index in [0.29, 0.717) is 30.3 Å². The maximum Gasteiger partial charge on any atom is 0.221 e. The summed E-state index contributed by atoms with van der Waals surface area (Å²) in [6, 6.07) is 18.0. The van der Waals surface area contributed by atoms with E-state index >= 15 is 0 Å². The third-order valence-corrected chi connectivity index (χ3v) is 5.26. The highest BCUT2D eigenvalue weighted by Crippen LogP contribution is 2.37. The Kier molecular flexibility index (Phi) is 4.49. The first-order chi connectivity index (χ1) is 14.7. The fourth-order valence-electron chi connectivity index (χ4n) is 3.81. The first-order valence-electron chi connectivity index (χ1n) is 9.83. The van der Waals surface area contributed by atoms with E-state index in [0.717, 1.165) is 22.6 Å². The lowest BCUT2D eigenvalue weighted by molar-refractivity contribution is 0.144. The molecule has 3 aromatic heterocycles. The molecule has 4 aromatic rings. The Bertz CT molecular complexity index is 1220. The lowest BCUT2D eigenvalue weighted by Crippen LogP contribution is -2.22. The van der Waals surface area contributed by atoms with Gasteiger partial charge < -0.3 is 18.6 Å². The molecule has 0 fully saturated rings. The summed E-state index contributed by atoms with van der Waals surface area (Å²) in [5, 5.41) is 9.99. The molecular formula is C24H20N4O2. The molecule has 0 radical (unpaired) electrons. The predicted molar refractivity (Wildman–Crippen MR) is 112 cm³/mol. The fraction of sp³-hybridized carbons (Fsp3) is 0.167. The number of hydrogen-bond donors (Lipinski definition) is 0. The maximum atomic E-state index is 9.99. The number of ether oxygens (including phenoxy) is 2. The summed E-state index contributed by atoms with van der Waals surface area (Å²) in [6.45, 7) is 2.43. The van der Waals surface area contributed by atoms with Crippen LogP contribution in [-0.2, 0) is 6.42 Å². The first kappa shape index (κ1) is 18.1. The van der Waals surface area contributed by atoms with Crippen LogP contribution in [0.1, 0.15) is 16.7 Å². The Balaban J connectivity index is 1.52. The van der Waals surface area contributed by atoms with Crippen LogP contribution in [0.25, 0.3) is 11.5 Å². The van der Waals surface area contributed by atoms with E-state index in [1.807, 2.05) is 89.4 Å². The van der Waals surface area contributed by atoms with Crippen molar-refractivity contribution in [1.82, 2.24) is 14.1 Å². The number of nitrogens with zero attached hydrogens (tertiary/aromatic N) is 4. The quantitative estimate of drug-likeness (QED) is 0.506. The minimum atomic E-state index is -0.173. The van der Waals surface area contributed by atoms with Gasteiger partial charge in [0.05, 0.1) is 5.69 Å². The highest BCUT2D eigenvalue weighted by molar-refractivity contribution is 5.65. The van der Waals surface area contributed by atoms with Crippen molar-refractivity contribution in [3.05, 3.63) is 90.0 Å². The molecule has 5 rings (SSSR count). The summed E-state index contributed by atoms with van der Waals surface area (Å²) >= 11 is 0. The number of rotatable bonds is 5. The van der Waals surface area contributed by atoms with Crippen molar-refractivity contribution >= 4 is 0 Å². The molecule has 4 heterocycles. The van der Waals surface area contributed by atoms with Gasteiger partial charge in [0.25, 0.3) is 0 Å². The summed E-state index contributed by atoms with van der Waals surface area (Å²) in [6.07, 6.45) is 8.08. The third kappa shape index (κ3) is 3.11. The molecule has 30 heavy (non-hydrogen) atoms. The molecule has 1 aromatic carbocycles. The van der Waals surface area contributed by atoms with Crippen LogP contribution in [0, 0.1) is 18.3 Å². The Morgan fingerprint density at radius 1 is 1.07 bits per heavy atom. The molecular weight excluding hydrogens is 376 g/mol. The van der Waals surface area contributed by atoms with Gasteiger partial charge in [0, 0.05) is 36.8 Å². The van der Waals surface area contributed by atoms with Gasteiger partial charge in [-0.1, -0.05) is 18.2 Å². The minimum Gasteiger partial charge on any atom is -0.489 e. The summed E-state index contributed by atoms with van der Waals surface area (Å²) in [5.41, 5.74) is 3.35. The number of pyridine rings is 1. The van der Waals surface area contributed by atoms with Crippen LogP contribution in [0.3, 0.4) is 0 Å². The molecule has 1 aliphatic heterocycles. The highest BCUT2D eigenvalue weighted by atomic mass is 16.5. The summed E-state index contributed by atoms with van der Waals surface area (Å²) < 4.78 is 16.0. The Morgan fingerprint density at radius 3 is 2.47 bits per heavy atom. The predicted octanol–water partition coefficient (Wildman–Crippen LogP) is 4.23. The number of fused-ring (bicyclic) bond motifs is 1. The Hall–Kier alpha value is -3.98. The van der Waals surface area contributed by atoms with Crippen LogP contribution in [-0.4, -0.2) is 26.8 Å². The van der Waals surface area contributed by atoms with E-state index in [1.54, 1.807) is 0 Å². The number of nitriles is 1. The number of para-hydroxylation sites is 1. The Labute approximate surface area is 174 Å². The molecule has 0 saturated heterocycles. The largest absolute Gasteiger partial charge is 0.489 e. The highest BCUT2D eigenvalue weighted by Gasteiger charge is 2.32. The first-order valence-corrected chi connectivity index (χ1v) is 9.83. The second-order valence-electron chi connectivity index (χ2n) is 7.26. The van der Waals surface area contributed by atoms with Gasteiger partial charge in [0.1, 0.15) is 30.1 Å². The summed E-state index contributed by atoms with van der Waals surface area (Å²) in [7, 11) is 0. The molecule has 0 amide bonds. The lowest BCUT2D eigenvalue weighted by atomic mass is 10.1. The van der Waals surface area contributed by atoms with Crippen LogP contribution < -0.4 is 9.47 Å². The van der Waals surface area contributed by atoms with E-state index in [1.165, 1.54) is 0 Å². The summed E-state index contributed by atoms with van der Waals surface area (Å²) in [4.78, 5) is 4.71. The van der Waals surface area contributed by atoms with Gasteiger partial charge in [-0.3, -0.25) is 0 Å². The normalized spacial score (nSPS) is 14.7. The van der Waals surface area contributed by atoms with Crippen molar-refractivity contribution < 1.29 is 9.47 Å². The standard InChI is InChI=1S/C24H20N4O2/c1-17-8-2-3-9-21(17)29-16-18-14-19-22(27-10-4-5-11-27)20(15-25)23(26-24(19)30-18)28-12-6-7-13-28/h2-13,18H,14,16H2,1H3. The van der Waals surface area contributed by atoms with E-state index in [2.05, 4.69) is 6.07 Å². The smallest absolute Gasteiger partial charge is 0.221 e. The topological polar surface area (TPSA) is 65.0 Å². The SMILES string of the molecule is Cc1ccccc1OCC1Cc2c(nc(-n3cccc3)c(C#N)c2-n2cccc2)O1. The van der Waals surface area contributed by atoms with Gasteiger partial charge in [0.2, 0.25) is 5.88 Å². The van der Waals surface area contributed by atoms with Crippen molar-refractivity contribution in [2.24, 2.45) is 0 Å². The van der Waals surface area contributed by atoms with E-state index < -0.39 is 0 Å². The average Bonchev–Trinajstić information content (AvgIpc) is 3.53. The van der Waals surface area contributed by atoms with Crippen molar-refractivity contribution in [3.63, 3.8) is 0 Å².